The third kappa shape index (κ3) is 3.83. The summed E-state index contributed by atoms with van der Waals surface area (Å²) in [6.07, 6.45) is 0. The topological polar surface area (TPSA) is 49.6 Å². The smallest absolute Gasteiger partial charge is 0.159 e. The van der Waals surface area contributed by atoms with Crippen molar-refractivity contribution >= 4 is 11.5 Å². The zero-order valence-electron chi connectivity index (χ0n) is 11.9. The van der Waals surface area contributed by atoms with Gasteiger partial charge in [-0.2, -0.15) is 0 Å². The van der Waals surface area contributed by atoms with Crippen molar-refractivity contribution in [1.82, 2.24) is 4.90 Å². The third-order valence-corrected chi connectivity index (χ3v) is 3.54. The molecule has 106 valence electrons. The van der Waals surface area contributed by atoms with E-state index in [4.69, 9.17) is 5.73 Å². The van der Waals surface area contributed by atoms with E-state index >= 15 is 0 Å². The summed E-state index contributed by atoms with van der Waals surface area (Å²) in [5.41, 5.74) is 7.30. The Bertz CT molecular complexity index is 505. The monoisotopic (exact) mass is 271 g/mol. The van der Waals surface area contributed by atoms with Crippen LogP contribution in [-0.2, 0) is 0 Å². The number of benzene rings is 1. The Morgan fingerprint density at radius 2 is 1.80 bits per heavy atom. The molecule has 0 aliphatic carbocycles. The number of piperazine rings is 1. The van der Waals surface area contributed by atoms with Crippen molar-refractivity contribution in [3.8, 4) is 11.8 Å². The summed E-state index contributed by atoms with van der Waals surface area (Å²) < 4.78 is 0. The Kier molecular flexibility index (Phi) is 5.16. The average Bonchev–Trinajstić information content (AvgIpc) is 2.48. The van der Waals surface area contributed by atoms with E-state index < -0.39 is 0 Å². The number of nitrogens with zero attached hydrogens (tertiary/aromatic N) is 2. The van der Waals surface area contributed by atoms with Crippen LogP contribution in [0.1, 0.15) is 17.3 Å². The zero-order chi connectivity index (χ0) is 14.4. The minimum absolute atomic E-state index is 0.111. The van der Waals surface area contributed by atoms with Gasteiger partial charge in [-0.05, 0) is 31.2 Å². The van der Waals surface area contributed by atoms with Gasteiger partial charge in [-0.1, -0.05) is 11.8 Å². The van der Waals surface area contributed by atoms with Crippen molar-refractivity contribution in [3.63, 3.8) is 0 Å². The molecule has 0 bridgehead atoms. The third-order valence-electron chi connectivity index (χ3n) is 3.54. The zero-order valence-corrected chi connectivity index (χ0v) is 11.9. The summed E-state index contributed by atoms with van der Waals surface area (Å²) in [5, 5.41) is 0. The number of carbonyl (C=O) groups is 1. The molecule has 1 aromatic carbocycles. The molecule has 0 spiro atoms. The van der Waals surface area contributed by atoms with Crippen LogP contribution in [0, 0.1) is 11.8 Å². The molecule has 1 aliphatic heterocycles. The summed E-state index contributed by atoms with van der Waals surface area (Å²) >= 11 is 0. The fraction of sp³-hybridized carbons (Fsp3) is 0.438. The summed E-state index contributed by atoms with van der Waals surface area (Å²) in [5.74, 6) is 6.08. The molecule has 0 unspecified atom stereocenters. The molecule has 0 aromatic heterocycles. The van der Waals surface area contributed by atoms with E-state index in [1.54, 1.807) is 6.92 Å². The lowest BCUT2D eigenvalue weighted by Gasteiger charge is -2.35. The lowest BCUT2D eigenvalue weighted by atomic mass is 10.1. The number of carbonyl (C=O) groups excluding carboxylic acids is 1. The molecule has 2 N–H and O–H groups in total. The van der Waals surface area contributed by atoms with E-state index in [0.29, 0.717) is 6.54 Å². The Morgan fingerprint density at radius 3 is 2.35 bits per heavy atom. The highest BCUT2D eigenvalue weighted by Gasteiger charge is 2.16. The fourth-order valence-electron chi connectivity index (χ4n) is 2.31. The number of nitrogens with two attached hydrogens (primary N) is 1. The lowest BCUT2D eigenvalue weighted by Crippen LogP contribution is -2.46. The molecular formula is C16H21N3O. The standard InChI is InChI=1S/C16H21N3O/c1-14(20)15-4-6-16(7-5-15)19-12-10-18(11-13-19)9-3-2-8-17/h4-7H,8-13,17H2,1H3. The number of hydrogen-bond acceptors (Lipinski definition) is 4. The van der Waals surface area contributed by atoms with Crippen molar-refractivity contribution in [2.24, 2.45) is 5.73 Å². The van der Waals surface area contributed by atoms with E-state index in [0.717, 1.165) is 38.3 Å². The van der Waals surface area contributed by atoms with Gasteiger partial charge in [0.25, 0.3) is 0 Å². The van der Waals surface area contributed by atoms with Crippen molar-refractivity contribution in [3.05, 3.63) is 29.8 Å². The summed E-state index contributed by atoms with van der Waals surface area (Å²) in [7, 11) is 0. The number of ketones is 1. The predicted molar refractivity (Wildman–Crippen MR) is 81.9 cm³/mol. The molecule has 1 aliphatic rings. The van der Waals surface area contributed by atoms with Crippen molar-refractivity contribution in [2.45, 2.75) is 6.92 Å². The molecule has 0 saturated carbocycles. The molecule has 0 atom stereocenters. The highest BCUT2D eigenvalue weighted by molar-refractivity contribution is 5.94. The predicted octanol–water partition coefficient (Wildman–Crippen LogP) is 0.973. The SMILES string of the molecule is CC(=O)c1ccc(N2CCN(CC#CCN)CC2)cc1. The summed E-state index contributed by atoms with van der Waals surface area (Å²) in [4.78, 5) is 15.9. The first-order valence-corrected chi connectivity index (χ1v) is 6.95. The maximum Gasteiger partial charge on any atom is 0.159 e. The van der Waals surface area contributed by atoms with E-state index in [-0.39, 0.29) is 5.78 Å². The fourth-order valence-corrected chi connectivity index (χ4v) is 2.31. The van der Waals surface area contributed by atoms with Gasteiger partial charge in [0, 0.05) is 37.4 Å². The second-order valence-corrected chi connectivity index (χ2v) is 4.92. The van der Waals surface area contributed by atoms with Gasteiger partial charge in [0.2, 0.25) is 0 Å². The molecular weight excluding hydrogens is 250 g/mol. The van der Waals surface area contributed by atoms with Gasteiger partial charge in [-0.3, -0.25) is 9.69 Å². The minimum Gasteiger partial charge on any atom is -0.369 e. The van der Waals surface area contributed by atoms with E-state index in [2.05, 4.69) is 21.6 Å². The van der Waals surface area contributed by atoms with E-state index in [9.17, 15) is 4.79 Å². The number of Topliss-reactive ketones (excluding diaryl/α,β-unsaturated/α-hetero) is 1. The van der Waals surface area contributed by atoms with Crippen molar-refractivity contribution in [2.75, 3.05) is 44.2 Å². The van der Waals surface area contributed by atoms with Crippen LogP contribution in [-0.4, -0.2) is 50.0 Å². The van der Waals surface area contributed by atoms with Crippen molar-refractivity contribution in [1.29, 1.82) is 0 Å². The van der Waals surface area contributed by atoms with Gasteiger partial charge in [0.1, 0.15) is 0 Å². The highest BCUT2D eigenvalue weighted by Crippen LogP contribution is 2.17. The maximum absolute atomic E-state index is 11.3. The van der Waals surface area contributed by atoms with Gasteiger partial charge in [-0.15, -0.1) is 0 Å². The van der Waals surface area contributed by atoms with Crippen LogP contribution in [0.4, 0.5) is 5.69 Å². The molecule has 0 radical (unpaired) electrons. The first kappa shape index (κ1) is 14.6. The van der Waals surface area contributed by atoms with Gasteiger partial charge in [-0.25, -0.2) is 0 Å². The largest absolute Gasteiger partial charge is 0.369 e. The van der Waals surface area contributed by atoms with Gasteiger partial charge in [0.15, 0.2) is 5.78 Å². The van der Waals surface area contributed by atoms with Gasteiger partial charge in [0.05, 0.1) is 13.1 Å². The molecule has 1 aromatic rings. The van der Waals surface area contributed by atoms with Crippen LogP contribution in [0.3, 0.4) is 0 Å². The minimum atomic E-state index is 0.111. The Balaban J connectivity index is 1.88. The normalized spacial score (nSPS) is 15.6. The second kappa shape index (κ2) is 7.09. The van der Waals surface area contributed by atoms with E-state index in [1.165, 1.54) is 5.69 Å². The van der Waals surface area contributed by atoms with Crippen LogP contribution in [0.5, 0.6) is 0 Å². The van der Waals surface area contributed by atoms with Crippen LogP contribution in [0.15, 0.2) is 24.3 Å². The van der Waals surface area contributed by atoms with Crippen LogP contribution >= 0.6 is 0 Å². The number of rotatable bonds is 3. The first-order chi connectivity index (χ1) is 9.70. The Hall–Kier alpha value is -1.83. The summed E-state index contributed by atoms with van der Waals surface area (Å²) in [6, 6.07) is 7.86. The van der Waals surface area contributed by atoms with E-state index in [1.807, 2.05) is 24.3 Å². The van der Waals surface area contributed by atoms with Crippen LogP contribution in [0.2, 0.25) is 0 Å². The molecule has 4 nitrogen and oxygen atoms in total. The molecule has 4 heteroatoms. The average molecular weight is 271 g/mol. The number of hydrogen-bond donors (Lipinski definition) is 1. The Labute approximate surface area is 120 Å². The molecule has 0 amide bonds. The molecule has 1 heterocycles. The Morgan fingerprint density at radius 1 is 1.15 bits per heavy atom. The number of anilines is 1. The highest BCUT2D eigenvalue weighted by atomic mass is 16.1. The van der Waals surface area contributed by atoms with Gasteiger partial charge >= 0.3 is 0 Å². The maximum atomic E-state index is 11.3. The van der Waals surface area contributed by atoms with Crippen LogP contribution < -0.4 is 10.6 Å². The molecule has 1 saturated heterocycles. The van der Waals surface area contributed by atoms with Crippen molar-refractivity contribution < 1.29 is 4.79 Å². The second-order valence-electron chi connectivity index (χ2n) is 4.92. The molecule has 1 fully saturated rings. The van der Waals surface area contributed by atoms with Gasteiger partial charge < -0.3 is 10.6 Å². The first-order valence-electron chi connectivity index (χ1n) is 6.95. The molecule has 20 heavy (non-hydrogen) atoms. The lowest BCUT2D eigenvalue weighted by molar-refractivity contribution is 0.101. The molecule has 2 rings (SSSR count). The van der Waals surface area contributed by atoms with Crippen LogP contribution in [0.25, 0.3) is 0 Å². The quantitative estimate of drug-likeness (QED) is 0.657. The summed E-state index contributed by atoms with van der Waals surface area (Å²) in [6.45, 7) is 6.82.